The average Bonchev–Trinajstić information content (AvgIpc) is 3.21. The van der Waals surface area contributed by atoms with E-state index in [1.807, 2.05) is 0 Å². The predicted octanol–water partition coefficient (Wildman–Crippen LogP) is 5.34. The van der Waals surface area contributed by atoms with E-state index in [2.05, 4.69) is 23.4 Å². The Morgan fingerprint density at radius 3 is 2.05 bits per heavy atom. The van der Waals surface area contributed by atoms with Gasteiger partial charge in [-0.25, -0.2) is 0 Å². The summed E-state index contributed by atoms with van der Waals surface area (Å²) < 4.78 is 4.65. The predicted molar refractivity (Wildman–Crippen MR) is 88.3 cm³/mol. The molecular weight excluding hydrogens is 268 g/mol. The molecule has 1 rings (SSSR count). The molecule has 0 radical (unpaired) electrons. The molecule has 1 fully saturated rings. The number of ether oxygens (including phenoxy) is 1. The van der Waals surface area contributed by atoms with Crippen LogP contribution in [0.1, 0.15) is 84.0 Å². The van der Waals surface area contributed by atoms with Crippen LogP contribution >= 0.6 is 11.8 Å². The lowest BCUT2D eigenvalue weighted by Crippen LogP contribution is -2.00. The molecule has 2 atom stereocenters. The monoisotopic (exact) mass is 300 g/mol. The zero-order valence-corrected chi connectivity index (χ0v) is 14.2. The summed E-state index contributed by atoms with van der Waals surface area (Å²) >= 11 is 2.16. The fraction of sp³-hybridized carbons (Fsp3) is 0.941. The first-order valence-corrected chi connectivity index (χ1v) is 9.44. The van der Waals surface area contributed by atoms with Crippen LogP contribution in [-0.4, -0.2) is 23.6 Å². The van der Waals surface area contributed by atoms with Crippen LogP contribution in [-0.2, 0) is 9.53 Å². The number of esters is 1. The van der Waals surface area contributed by atoms with Crippen LogP contribution in [0, 0.1) is 0 Å². The van der Waals surface area contributed by atoms with Gasteiger partial charge in [-0.3, -0.25) is 4.79 Å². The van der Waals surface area contributed by atoms with Gasteiger partial charge in [0.2, 0.25) is 0 Å². The van der Waals surface area contributed by atoms with E-state index in [1.165, 1.54) is 71.3 Å². The number of carbonyl (C=O) groups is 1. The number of rotatable bonds is 13. The van der Waals surface area contributed by atoms with Gasteiger partial charge in [-0.2, -0.15) is 11.8 Å². The largest absolute Gasteiger partial charge is 0.469 e. The van der Waals surface area contributed by atoms with Crippen LogP contribution < -0.4 is 0 Å². The van der Waals surface area contributed by atoms with Crippen LogP contribution in [0.15, 0.2) is 0 Å². The quantitative estimate of drug-likeness (QED) is 0.261. The lowest BCUT2D eigenvalue weighted by molar-refractivity contribution is -0.140. The van der Waals surface area contributed by atoms with Gasteiger partial charge < -0.3 is 4.74 Å². The molecule has 0 aliphatic carbocycles. The summed E-state index contributed by atoms with van der Waals surface area (Å²) in [5.74, 6) is -0.0620. The molecule has 2 nitrogen and oxygen atoms in total. The SMILES string of the molecule is CCCCCCCCCC1SC1CCCCC(=O)OC. The summed E-state index contributed by atoms with van der Waals surface area (Å²) in [4.78, 5) is 11.0. The molecule has 0 bridgehead atoms. The van der Waals surface area contributed by atoms with E-state index in [-0.39, 0.29) is 5.97 Å². The molecule has 2 unspecified atom stereocenters. The first-order chi connectivity index (χ1) is 9.77. The smallest absolute Gasteiger partial charge is 0.305 e. The molecule has 1 heterocycles. The van der Waals surface area contributed by atoms with E-state index in [0.29, 0.717) is 6.42 Å². The topological polar surface area (TPSA) is 26.3 Å². The van der Waals surface area contributed by atoms with Gasteiger partial charge in [-0.15, -0.1) is 0 Å². The Kier molecular flexibility index (Phi) is 10.3. The molecular formula is C17H32O2S. The molecule has 1 aliphatic heterocycles. The van der Waals surface area contributed by atoms with E-state index >= 15 is 0 Å². The van der Waals surface area contributed by atoms with E-state index < -0.39 is 0 Å². The normalized spacial score (nSPS) is 20.9. The van der Waals surface area contributed by atoms with Gasteiger partial charge in [0.05, 0.1) is 7.11 Å². The Balaban J connectivity index is 1.80. The standard InChI is InChI=1S/C17H32O2S/c1-3-4-5-6-7-8-9-12-15-16(20-15)13-10-11-14-17(18)19-2/h15-16H,3-14H2,1-2H3. The number of thioether (sulfide) groups is 1. The van der Waals surface area contributed by atoms with Crippen molar-refractivity contribution in [3.63, 3.8) is 0 Å². The van der Waals surface area contributed by atoms with E-state index in [9.17, 15) is 4.79 Å². The van der Waals surface area contributed by atoms with E-state index in [1.54, 1.807) is 0 Å². The average molecular weight is 301 g/mol. The van der Waals surface area contributed by atoms with Gasteiger partial charge in [0.15, 0.2) is 0 Å². The van der Waals surface area contributed by atoms with Gasteiger partial charge in [0.1, 0.15) is 0 Å². The van der Waals surface area contributed by atoms with Crippen LogP contribution in [0.2, 0.25) is 0 Å². The summed E-state index contributed by atoms with van der Waals surface area (Å²) in [7, 11) is 1.47. The molecule has 0 aromatic heterocycles. The minimum Gasteiger partial charge on any atom is -0.469 e. The summed E-state index contributed by atoms with van der Waals surface area (Å²) in [6, 6.07) is 0. The Bertz CT molecular complexity index is 255. The highest BCUT2D eigenvalue weighted by Gasteiger charge is 2.36. The Morgan fingerprint density at radius 1 is 0.900 bits per heavy atom. The molecule has 0 amide bonds. The summed E-state index contributed by atoms with van der Waals surface area (Å²) in [6.07, 6.45) is 15.4. The highest BCUT2D eigenvalue weighted by atomic mass is 32.2. The van der Waals surface area contributed by atoms with Crippen molar-refractivity contribution in [2.24, 2.45) is 0 Å². The highest BCUT2D eigenvalue weighted by Crippen LogP contribution is 2.47. The maximum absolute atomic E-state index is 11.0. The van der Waals surface area contributed by atoms with Crippen molar-refractivity contribution < 1.29 is 9.53 Å². The van der Waals surface area contributed by atoms with Crippen LogP contribution in [0.5, 0.6) is 0 Å². The van der Waals surface area contributed by atoms with Crippen LogP contribution in [0.3, 0.4) is 0 Å². The van der Waals surface area contributed by atoms with E-state index in [4.69, 9.17) is 0 Å². The zero-order valence-electron chi connectivity index (χ0n) is 13.4. The summed E-state index contributed by atoms with van der Waals surface area (Å²) in [5.41, 5.74) is 0. The molecule has 0 N–H and O–H groups in total. The number of unbranched alkanes of at least 4 members (excludes halogenated alkanes) is 7. The number of hydrogen-bond donors (Lipinski definition) is 0. The third kappa shape index (κ3) is 8.89. The van der Waals surface area contributed by atoms with Gasteiger partial charge in [-0.1, -0.05) is 58.3 Å². The Morgan fingerprint density at radius 2 is 1.45 bits per heavy atom. The molecule has 20 heavy (non-hydrogen) atoms. The molecule has 118 valence electrons. The van der Waals surface area contributed by atoms with Gasteiger partial charge in [-0.05, 0) is 19.3 Å². The molecule has 0 aromatic carbocycles. The third-order valence-electron chi connectivity index (χ3n) is 4.13. The number of carbonyl (C=O) groups excluding carboxylic acids is 1. The Hall–Kier alpha value is -0.180. The van der Waals surface area contributed by atoms with Gasteiger partial charge in [0, 0.05) is 16.9 Å². The molecule has 0 aromatic rings. The minimum absolute atomic E-state index is 0.0620. The lowest BCUT2D eigenvalue weighted by Gasteiger charge is -2.01. The fourth-order valence-corrected chi connectivity index (χ4v) is 3.94. The molecule has 0 spiro atoms. The zero-order chi connectivity index (χ0) is 14.6. The van der Waals surface area contributed by atoms with Gasteiger partial charge >= 0.3 is 5.97 Å². The Labute approximate surface area is 129 Å². The van der Waals surface area contributed by atoms with Crippen molar-refractivity contribution in [1.29, 1.82) is 0 Å². The first-order valence-electron chi connectivity index (χ1n) is 8.50. The van der Waals surface area contributed by atoms with Crippen LogP contribution in [0.4, 0.5) is 0 Å². The number of hydrogen-bond acceptors (Lipinski definition) is 3. The van der Waals surface area contributed by atoms with Crippen molar-refractivity contribution in [1.82, 2.24) is 0 Å². The van der Waals surface area contributed by atoms with Gasteiger partial charge in [0.25, 0.3) is 0 Å². The number of methoxy groups -OCH3 is 1. The highest BCUT2D eigenvalue weighted by molar-refractivity contribution is 8.07. The molecule has 1 aliphatic rings. The van der Waals surface area contributed by atoms with E-state index in [0.717, 1.165) is 16.9 Å². The summed E-state index contributed by atoms with van der Waals surface area (Å²) in [5, 5.41) is 1.83. The first kappa shape index (κ1) is 17.9. The van der Waals surface area contributed by atoms with Crippen molar-refractivity contribution in [3.8, 4) is 0 Å². The van der Waals surface area contributed by atoms with Crippen molar-refractivity contribution in [3.05, 3.63) is 0 Å². The maximum atomic E-state index is 11.0. The maximum Gasteiger partial charge on any atom is 0.305 e. The second-order valence-corrected chi connectivity index (χ2v) is 7.43. The second kappa shape index (κ2) is 11.5. The minimum atomic E-state index is -0.0620. The summed E-state index contributed by atoms with van der Waals surface area (Å²) in [6.45, 7) is 2.27. The van der Waals surface area contributed by atoms with Crippen molar-refractivity contribution in [2.75, 3.05) is 7.11 Å². The molecule has 3 heteroatoms. The van der Waals surface area contributed by atoms with Crippen molar-refractivity contribution in [2.45, 2.75) is 94.5 Å². The van der Waals surface area contributed by atoms with Crippen molar-refractivity contribution >= 4 is 17.7 Å². The third-order valence-corrected chi connectivity index (χ3v) is 5.64. The molecule has 0 saturated carbocycles. The molecule has 1 saturated heterocycles. The van der Waals surface area contributed by atoms with Crippen LogP contribution in [0.25, 0.3) is 0 Å². The lowest BCUT2D eigenvalue weighted by atomic mass is 10.0. The second-order valence-electron chi connectivity index (χ2n) is 5.94. The fourth-order valence-electron chi connectivity index (χ4n) is 2.71.